The van der Waals surface area contributed by atoms with Gasteiger partial charge in [-0.1, -0.05) is 18.2 Å². The van der Waals surface area contributed by atoms with E-state index in [1.165, 1.54) is 17.7 Å². The molecule has 1 aliphatic rings. The maximum Gasteiger partial charge on any atom is 0.253 e. The van der Waals surface area contributed by atoms with Gasteiger partial charge in [0.2, 0.25) is 0 Å². The molecule has 0 amide bonds. The van der Waals surface area contributed by atoms with Gasteiger partial charge in [-0.05, 0) is 88.3 Å². The molecule has 0 aliphatic carbocycles. The maximum absolute atomic E-state index is 13.6. The second-order valence-electron chi connectivity index (χ2n) is 10.5. The maximum atomic E-state index is 13.6. The van der Waals surface area contributed by atoms with Crippen LogP contribution in [0.2, 0.25) is 0 Å². The van der Waals surface area contributed by atoms with Crippen LogP contribution in [0.25, 0.3) is 10.9 Å². The van der Waals surface area contributed by atoms with Gasteiger partial charge in [0.1, 0.15) is 11.9 Å². The van der Waals surface area contributed by atoms with Gasteiger partial charge < -0.3 is 4.98 Å². The summed E-state index contributed by atoms with van der Waals surface area (Å²) in [7, 11) is 0. The summed E-state index contributed by atoms with van der Waals surface area (Å²) in [6.07, 6.45) is 3.68. The molecule has 9 nitrogen and oxygen atoms in total. The van der Waals surface area contributed by atoms with Gasteiger partial charge in [-0.3, -0.25) is 19.6 Å². The standard InChI is InChI=1S/C30H31FN8O/c1-20-14-24-16-26(30(40)33-27(24)15-21(20)2)28(29-34-35-36-39(29)19-22-5-7-25(31)8-6-22)38-12-10-37(11-13-38)18-23-4-3-9-32-17-23/h3-9,14-17,28H,10-13,18-19H2,1-2H3,(H,33,40)/t28-/m0/s1. The molecule has 0 spiro atoms. The number of aryl methyl sites for hydroxylation is 2. The number of hydrogen-bond donors (Lipinski definition) is 1. The van der Waals surface area contributed by atoms with Gasteiger partial charge in [0.15, 0.2) is 5.82 Å². The summed E-state index contributed by atoms with van der Waals surface area (Å²) in [5.41, 5.74) is 5.58. The summed E-state index contributed by atoms with van der Waals surface area (Å²) in [6.45, 7) is 8.43. The third-order valence-electron chi connectivity index (χ3n) is 7.73. The predicted octanol–water partition coefficient (Wildman–Crippen LogP) is 3.62. The number of aromatic nitrogens is 6. The lowest BCUT2D eigenvalue weighted by atomic mass is 10.00. The minimum atomic E-state index is -0.453. The lowest BCUT2D eigenvalue weighted by Crippen LogP contribution is -2.48. The summed E-state index contributed by atoms with van der Waals surface area (Å²) in [5, 5.41) is 13.7. The van der Waals surface area contributed by atoms with Crippen LogP contribution in [0.15, 0.2) is 71.8 Å². The predicted molar refractivity (Wildman–Crippen MR) is 150 cm³/mol. The number of hydrogen-bond acceptors (Lipinski definition) is 7. The molecule has 1 atom stereocenters. The summed E-state index contributed by atoms with van der Waals surface area (Å²) in [5.74, 6) is 0.287. The minimum Gasteiger partial charge on any atom is -0.322 e. The molecule has 0 unspecified atom stereocenters. The summed E-state index contributed by atoms with van der Waals surface area (Å²) < 4.78 is 15.2. The average Bonchev–Trinajstić information content (AvgIpc) is 3.40. The molecule has 0 saturated carbocycles. The van der Waals surface area contributed by atoms with E-state index in [-0.39, 0.29) is 11.4 Å². The van der Waals surface area contributed by atoms with Crippen LogP contribution in [0.5, 0.6) is 0 Å². The monoisotopic (exact) mass is 538 g/mol. The van der Waals surface area contributed by atoms with Gasteiger partial charge in [0, 0.05) is 56.2 Å². The minimum absolute atomic E-state index is 0.158. The van der Waals surface area contributed by atoms with Crippen molar-refractivity contribution in [1.82, 2.24) is 40.0 Å². The SMILES string of the molecule is Cc1cc2cc([C@@H](c3nnnn3Cc3ccc(F)cc3)N3CCN(Cc4cccnc4)CC3)c(=O)[nH]c2cc1C. The van der Waals surface area contributed by atoms with Gasteiger partial charge in [0.05, 0.1) is 6.54 Å². The van der Waals surface area contributed by atoms with Crippen LogP contribution in [-0.2, 0) is 13.1 Å². The second kappa shape index (κ2) is 11.1. The zero-order chi connectivity index (χ0) is 27.6. The molecule has 1 N–H and O–H groups in total. The van der Waals surface area contributed by atoms with Crippen LogP contribution in [-0.4, -0.2) is 66.2 Å². The Kier molecular flexibility index (Phi) is 7.19. The fourth-order valence-corrected chi connectivity index (χ4v) is 5.41. The van der Waals surface area contributed by atoms with Gasteiger partial charge >= 0.3 is 0 Å². The Morgan fingerprint density at radius 3 is 2.48 bits per heavy atom. The third kappa shape index (κ3) is 5.41. The van der Waals surface area contributed by atoms with E-state index >= 15 is 0 Å². The molecular formula is C30H31FN8O. The van der Waals surface area contributed by atoms with Crippen LogP contribution < -0.4 is 5.56 Å². The molecule has 4 heterocycles. The van der Waals surface area contributed by atoms with Crippen molar-refractivity contribution in [2.75, 3.05) is 26.2 Å². The fraction of sp³-hybridized carbons (Fsp3) is 0.300. The highest BCUT2D eigenvalue weighted by molar-refractivity contribution is 5.81. The summed E-state index contributed by atoms with van der Waals surface area (Å²) in [6, 6.07) is 16.0. The Hall–Kier alpha value is -4.28. The van der Waals surface area contributed by atoms with Crippen LogP contribution in [0.1, 0.15) is 39.7 Å². The number of rotatable bonds is 7. The molecule has 0 radical (unpaired) electrons. The first-order chi connectivity index (χ1) is 19.4. The third-order valence-corrected chi connectivity index (χ3v) is 7.73. The Bertz CT molecular complexity index is 1670. The highest BCUT2D eigenvalue weighted by Crippen LogP contribution is 2.29. The largest absolute Gasteiger partial charge is 0.322 e. The molecule has 2 aromatic carbocycles. The molecule has 1 saturated heterocycles. The van der Waals surface area contributed by atoms with Crippen molar-refractivity contribution in [2.45, 2.75) is 33.0 Å². The molecule has 204 valence electrons. The number of nitrogens with one attached hydrogen (secondary N) is 1. The Morgan fingerprint density at radius 2 is 1.73 bits per heavy atom. The van der Waals surface area contributed by atoms with Crippen molar-refractivity contribution in [3.63, 3.8) is 0 Å². The smallest absolute Gasteiger partial charge is 0.253 e. The molecule has 5 aromatic rings. The van der Waals surface area contributed by atoms with E-state index in [1.54, 1.807) is 23.0 Å². The zero-order valence-electron chi connectivity index (χ0n) is 22.6. The van der Waals surface area contributed by atoms with E-state index in [9.17, 15) is 9.18 Å². The molecule has 6 rings (SSSR count). The van der Waals surface area contributed by atoms with Crippen molar-refractivity contribution in [3.8, 4) is 0 Å². The highest BCUT2D eigenvalue weighted by Gasteiger charge is 2.32. The van der Waals surface area contributed by atoms with E-state index in [0.717, 1.165) is 60.3 Å². The Labute approximate surface area is 231 Å². The summed E-state index contributed by atoms with van der Waals surface area (Å²) in [4.78, 5) is 25.6. The number of nitrogens with zero attached hydrogens (tertiary/aromatic N) is 7. The quantitative estimate of drug-likeness (QED) is 0.338. The van der Waals surface area contributed by atoms with E-state index < -0.39 is 6.04 Å². The van der Waals surface area contributed by atoms with E-state index in [1.807, 2.05) is 31.3 Å². The first-order valence-electron chi connectivity index (χ1n) is 13.4. The van der Waals surface area contributed by atoms with Crippen molar-refractivity contribution < 1.29 is 4.39 Å². The van der Waals surface area contributed by atoms with Gasteiger partial charge in [0.25, 0.3) is 5.56 Å². The van der Waals surface area contributed by atoms with Gasteiger partial charge in [-0.2, -0.15) is 0 Å². The normalized spacial score (nSPS) is 15.5. The molecule has 1 fully saturated rings. The summed E-state index contributed by atoms with van der Waals surface area (Å²) >= 11 is 0. The van der Waals surface area contributed by atoms with Crippen LogP contribution in [0.4, 0.5) is 4.39 Å². The molecule has 40 heavy (non-hydrogen) atoms. The average molecular weight is 539 g/mol. The number of aromatic amines is 1. The van der Waals surface area contributed by atoms with Crippen LogP contribution in [0, 0.1) is 19.7 Å². The van der Waals surface area contributed by atoms with Gasteiger partial charge in [-0.15, -0.1) is 5.10 Å². The highest BCUT2D eigenvalue weighted by atomic mass is 19.1. The van der Waals surface area contributed by atoms with Crippen LogP contribution in [0.3, 0.4) is 0 Å². The number of H-pyrrole nitrogens is 1. The number of fused-ring (bicyclic) bond motifs is 1. The first kappa shape index (κ1) is 26.0. The Morgan fingerprint density at radius 1 is 0.950 bits per heavy atom. The van der Waals surface area contributed by atoms with E-state index in [2.05, 4.69) is 54.3 Å². The second-order valence-corrected chi connectivity index (χ2v) is 10.5. The van der Waals surface area contributed by atoms with Crippen molar-refractivity contribution >= 4 is 10.9 Å². The number of benzene rings is 2. The zero-order valence-corrected chi connectivity index (χ0v) is 22.6. The van der Waals surface area contributed by atoms with Crippen molar-refractivity contribution in [3.05, 3.63) is 117 Å². The lowest BCUT2D eigenvalue weighted by molar-refractivity contribution is 0.0998. The van der Waals surface area contributed by atoms with E-state index in [4.69, 9.17) is 0 Å². The molecule has 3 aromatic heterocycles. The van der Waals surface area contributed by atoms with Gasteiger partial charge in [-0.25, -0.2) is 9.07 Å². The molecular weight excluding hydrogens is 507 g/mol. The number of pyridine rings is 2. The molecule has 1 aliphatic heterocycles. The molecule has 10 heteroatoms. The van der Waals surface area contributed by atoms with E-state index in [0.29, 0.717) is 17.9 Å². The number of halogens is 1. The number of piperazine rings is 1. The Balaban J connectivity index is 1.36. The first-order valence-corrected chi connectivity index (χ1v) is 13.4. The van der Waals surface area contributed by atoms with Crippen molar-refractivity contribution in [2.24, 2.45) is 0 Å². The van der Waals surface area contributed by atoms with Crippen LogP contribution >= 0.6 is 0 Å². The lowest BCUT2D eigenvalue weighted by Gasteiger charge is -2.38. The van der Waals surface area contributed by atoms with Crippen molar-refractivity contribution in [1.29, 1.82) is 0 Å². The molecule has 0 bridgehead atoms. The topological polar surface area (TPSA) is 95.8 Å². The fourth-order valence-electron chi connectivity index (χ4n) is 5.41. The number of tetrazole rings is 1.